The van der Waals surface area contributed by atoms with Crippen molar-refractivity contribution in [2.24, 2.45) is 11.1 Å². The second kappa shape index (κ2) is 10.3. The molecule has 2 fully saturated rings. The van der Waals surface area contributed by atoms with Crippen molar-refractivity contribution in [1.29, 1.82) is 0 Å². The molecule has 0 spiro atoms. The van der Waals surface area contributed by atoms with Gasteiger partial charge in [-0.1, -0.05) is 13.8 Å². The van der Waals surface area contributed by atoms with Gasteiger partial charge < -0.3 is 20.7 Å². The maximum atomic E-state index is 13.0. The lowest BCUT2D eigenvalue weighted by molar-refractivity contribution is -0.180. The molecule has 3 N–H and O–H groups in total. The average molecular weight is 427 g/mol. The quantitative estimate of drug-likeness (QED) is 0.661. The van der Waals surface area contributed by atoms with Crippen molar-refractivity contribution in [3.8, 4) is 0 Å². The van der Waals surface area contributed by atoms with Gasteiger partial charge in [-0.2, -0.15) is 0 Å². The number of carbonyl (C=O) groups excluding carboxylic acids is 2. The van der Waals surface area contributed by atoms with Crippen LogP contribution in [-0.4, -0.2) is 78.6 Å². The molecule has 1 saturated carbocycles. The van der Waals surface area contributed by atoms with Crippen molar-refractivity contribution in [3.05, 3.63) is 0 Å². The maximum absolute atomic E-state index is 13.0. The number of nitrogens with two attached hydrogens (primary N) is 1. The summed E-state index contributed by atoms with van der Waals surface area (Å²) in [5.74, 6) is 0.0458. The highest BCUT2D eigenvalue weighted by Crippen LogP contribution is 2.50. The minimum Gasteiger partial charge on any atom is -0.378 e. The Balaban J connectivity index is 0.00000338. The molecular formula is C18H36Cl2N4O3. The van der Waals surface area contributed by atoms with Gasteiger partial charge in [0, 0.05) is 50.7 Å². The molecule has 2 aliphatic rings. The first-order valence-electron chi connectivity index (χ1n) is 9.33. The van der Waals surface area contributed by atoms with Gasteiger partial charge in [0.05, 0.1) is 12.6 Å². The van der Waals surface area contributed by atoms with Crippen LogP contribution in [0, 0.1) is 5.41 Å². The smallest absolute Gasteiger partial charge is 0.243 e. The summed E-state index contributed by atoms with van der Waals surface area (Å²) in [6.45, 7) is 13.5. The van der Waals surface area contributed by atoms with Gasteiger partial charge in [0.15, 0.2) is 0 Å². The zero-order chi connectivity index (χ0) is 18.8. The third-order valence-corrected chi connectivity index (χ3v) is 5.69. The fourth-order valence-electron chi connectivity index (χ4n) is 3.76. The van der Waals surface area contributed by atoms with Gasteiger partial charge >= 0.3 is 0 Å². The Hall–Kier alpha value is -0.600. The maximum Gasteiger partial charge on any atom is 0.243 e. The molecule has 1 saturated heterocycles. The lowest BCUT2D eigenvalue weighted by atomic mass is 9.54. The van der Waals surface area contributed by atoms with Crippen LogP contribution in [-0.2, 0) is 14.3 Å². The summed E-state index contributed by atoms with van der Waals surface area (Å²) >= 11 is 0. The lowest BCUT2D eigenvalue weighted by Crippen LogP contribution is -2.76. The molecule has 2 unspecified atom stereocenters. The summed E-state index contributed by atoms with van der Waals surface area (Å²) in [4.78, 5) is 28.8. The molecule has 2 rings (SSSR count). The van der Waals surface area contributed by atoms with Crippen LogP contribution in [0.1, 0.15) is 41.0 Å². The highest BCUT2D eigenvalue weighted by molar-refractivity contribution is 5.89. The standard InChI is InChI=1S/C18H34N4O3.2ClH/c1-6-25-14-11-18(19,17(14,4)5)16(24)22-9-7-21(8-10-22)12-15(23)20-13(2)3;;/h13-14H,6-12,19H2,1-5H3,(H,20,23);2*1H. The van der Waals surface area contributed by atoms with E-state index in [0.717, 1.165) is 0 Å². The summed E-state index contributed by atoms with van der Waals surface area (Å²) in [6.07, 6.45) is 0.608. The van der Waals surface area contributed by atoms with E-state index in [-0.39, 0.29) is 54.2 Å². The first kappa shape index (κ1) is 26.4. The predicted octanol–water partition coefficient (Wildman–Crippen LogP) is 1.03. The van der Waals surface area contributed by atoms with Crippen LogP contribution in [0.2, 0.25) is 0 Å². The van der Waals surface area contributed by atoms with Crippen molar-refractivity contribution in [2.75, 3.05) is 39.3 Å². The van der Waals surface area contributed by atoms with Crippen molar-refractivity contribution in [3.63, 3.8) is 0 Å². The summed E-state index contributed by atoms with van der Waals surface area (Å²) in [6, 6.07) is 0.145. The molecule has 1 heterocycles. The first-order chi connectivity index (χ1) is 11.6. The highest BCUT2D eigenvalue weighted by atomic mass is 35.5. The minimum absolute atomic E-state index is 0. The topological polar surface area (TPSA) is 87.9 Å². The van der Waals surface area contributed by atoms with Gasteiger partial charge in [0.25, 0.3) is 0 Å². The molecule has 0 aromatic carbocycles. The Kier molecular flexibility index (Phi) is 10.0. The number of rotatable bonds is 6. The Morgan fingerprint density at radius 3 is 2.19 bits per heavy atom. The molecule has 160 valence electrons. The van der Waals surface area contributed by atoms with Gasteiger partial charge in [-0.15, -0.1) is 24.8 Å². The molecule has 0 aromatic heterocycles. The van der Waals surface area contributed by atoms with E-state index in [4.69, 9.17) is 10.5 Å². The van der Waals surface area contributed by atoms with Crippen LogP contribution < -0.4 is 11.1 Å². The van der Waals surface area contributed by atoms with Crippen LogP contribution >= 0.6 is 24.8 Å². The SMILES string of the molecule is CCOC1CC(N)(C(=O)N2CCN(CC(=O)NC(C)C)CC2)C1(C)C.Cl.Cl. The minimum atomic E-state index is -0.857. The van der Waals surface area contributed by atoms with Gasteiger partial charge in [0.2, 0.25) is 11.8 Å². The van der Waals surface area contributed by atoms with E-state index in [0.29, 0.717) is 45.8 Å². The molecule has 27 heavy (non-hydrogen) atoms. The zero-order valence-electron chi connectivity index (χ0n) is 17.1. The molecule has 9 heteroatoms. The van der Waals surface area contributed by atoms with Crippen LogP contribution in [0.15, 0.2) is 0 Å². The third-order valence-electron chi connectivity index (χ3n) is 5.69. The molecule has 0 aromatic rings. The summed E-state index contributed by atoms with van der Waals surface area (Å²) in [5.41, 5.74) is 5.27. The number of amides is 2. The fourth-order valence-corrected chi connectivity index (χ4v) is 3.76. The monoisotopic (exact) mass is 426 g/mol. The van der Waals surface area contributed by atoms with Crippen molar-refractivity contribution < 1.29 is 14.3 Å². The largest absolute Gasteiger partial charge is 0.378 e. The molecule has 0 bridgehead atoms. The van der Waals surface area contributed by atoms with Gasteiger partial charge in [-0.25, -0.2) is 0 Å². The Morgan fingerprint density at radius 1 is 1.19 bits per heavy atom. The summed E-state index contributed by atoms with van der Waals surface area (Å²) in [5, 5.41) is 2.90. The van der Waals surface area contributed by atoms with Gasteiger partial charge in [-0.05, 0) is 20.8 Å². The number of halogens is 2. The Labute approximate surface area is 175 Å². The number of hydrogen-bond acceptors (Lipinski definition) is 5. The molecule has 1 aliphatic carbocycles. The number of hydrogen-bond donors (Lipinski definition) is 2. The number of piperazine rings is 1. The van der Waals surface area contributed by atoms with Gasteiger partial charge in [0.1, 0.15) is 5.54 Å². The van der Waals surface area contributed by atoms with E-state index < -0.39 is 5.54 Å². The molecular weight excluding hydrogens is 391 g/mol. The van der Waals surface area contributed by atoms with E-state index in [1.807, 2.05) is 39.5 Å². The summed E-state index contributed by atoms with van der Waals surface area (Å²) < 4.78 is 5.72. The van der Waals surface area contributed by atoms with Crippen LogP contribution in [0.25, 0.3) is 0 Å². The van der Waals surface area contributed by atoms with E-state index in [1.54, 1.807) is 0 Å². The normalized spacial score (nSPS) is 27.2. The van der Waals surface area contributed by atoms with E-state index >= 15 is 0 Å². The molecule has 7 nitrogen and oxygen atoms in total. The Morgan fingerprint density at radius 2 is 1.74 bits per heavy atom. The van der Waals surface area contributed by atoms with E-state index in [9.17, 15) is 9.59 Å². The predicted molar refractivity (Wildman–Crippen MR) is 112 cm³/mol. The van der Waals surface area contributed by atoms with Crippen LogP contribution in [0.3, 0.4) is 0 Å². The highest BCUT2D eigenvalue weighted by Gasteiger charge is 2.63. The van der Waals surface area contributed by atoms with E-state index in [1.165, 1.54) is 0 Å². The molecule has 1 aliphatic heterocycles. The second-order valence-electron chi connectivity index (χ2n) is 8.13. The molecule has 0 radical (unpaired) electrons. The van der Waals surface area contributed by atoms with Crippen molar-refractivity contribution >= 4 is 36.6 Å². The zero-order valence-corrected chi connectivity index (χ0v) is 18.8. The number of nitrogens with one attached hydrogen (secondary N) is 1. The lowest BCUT2D eigenvalue weighted by Gasteiger charge is -2.59. The number of nitrogens with zero attached hydrogens (tertiary/aromatic N) is 2. The average Bonchev–Trinajstić information content (AvgIpc) is 2.53. The second-order valence-corrected chi connectivity index (χ2v) is 8.13. The number of ether oxygens (including phenoxy) is 1. The molecule has 2 amide bonds. The molecule has 2 atom stereocenters. The summed E-state index contributed by atoms with van der Waals surface area (Å²) in [7, 11) is 0. The van der Waals surface area contributed by atoms with Crippen LogP contribution in [0.4, 0.5) is 0 Å². The van der Waals surface area contributed by atoms with Crippen molar-refractivity contribution in [1.82, 2.24) is 15.1 Å². The fraction of sp³-hybridized carbons (Fsp3) is 0.889. The van der Waals surface area contributed by atoms with E-state index in [2.05, 4.69) is 10.2 Å². The first-order valence-corrected chi connectivity index (χ1v) is 9.33. The van der Waals surface area contributed by atoms with Gasteiger partial charge in [-0.3, -0.25) is 14.5 Å². The van der Waals surface area contributed by atoms with Crippen LogP contribution in [0.5, 0.6) is 0 Å². The Bertz CT molecular complexity index is 511. The van der Waals surface area contributed by atoms with Crippen molar-refractivity contribution in [2.45, 2.75) is 58.7 Å². The third kappa shape index (κ3) is 5.48. The number of carbonyl (C=O) groups is 2.